The molecule has 2 N–H and O–H groups in total. The molecule has 0 aliphatic heterocycles. The van der Waals surface area contributed by atoms with Crippen LogP contribution in [0, 0.1) is 5.92 Å². The molecule has 0 radical (unpaired) electrons. The summed E-state index contributed by atoms with van der Waals surface area (Å²) in [5.74, 6) is -1.70. The highest BCUT2D eigenvalue weighted by Gasteiger charge is 2.38. The summed E-state index contributed by atoms with van der Waals surface area (Å²) < 4.78 is 37.1. The number of nitrogens with zero attached hydrogens (tertiary/aromatic N) is 1. The van der Waals surface area contributed by atoms with Gasteiger partial charge in [-0.25, -0.2) is 4.98 Å². The summed E-state index contributed by atoms with van der Waals surface area (Å²) in [4.78, 5) is 3.89. The van der Waals surface area contributed by atoms with Gasteiger partial charge in [0, 0.05) is 18.5 Å². The normalized spacial score (nSPS) is 13.8. The van der Waals surface area contributed by atoms with Gasteiger partial charge < -0.3 is 5.73 Å². The Labute approximate surface area is 100 Å². The number of hydrogen-bond acceptors (Lipinski definition) is 3. The van der Waals surface area contributed by atoms with Crippen LogP contribution in [0.25, 0.3) is 0 Å². The molecule has 0 aliphatic rings. The molecule has 1 rings (SSSR count). The van der Waals surface area contributed by atoms with Gasteiger partial charge in [0.15, 0.2) is 0 Å². The molecule has 0 spiro atoms. The maximum absolute atomic E-state index is 12.4. The van der Waals surface area contributed by atoms with E-state index in [1.54, 1.807) is 12.1 Å². The molecule has 0 amide bonds. The smallest absolute Gasteiger partial charge is 0.330 e. The molecule has 0 saturated carbocycles. The fourth-order valence-electron chi connectivity index (χ4n) is 0.953. The predicted molar refractivity (Wildman–Crippen MR) is 58.6 cm³/mol. The van der Waals surface area contributed by atoms with Crippen molar-refractivity contribution >= 4 is 23.4 Å². The molecule has 0 fully saturated rings. The second kappa shape index (κ2) is 5.75. The Balaban J connectivity index is 2.60. The zero-order chi connectivity index (χ0) is 12.2. The number of pyridine rings is 1. The van der Waals surface area contributed by atoms with E-state index in [9.17, 15) is 13.2 Å². The Morgan fingerprint density at radius 2 is 2.19 bits per heavy atom. The lowest BCUT2D eigenvalue weighted by molar-refractivity contribution is -0.165. The van der Waals surface area contributed by atoms with Gasteiger partial charge in [-0.3, -0.25) is 0 Å². The van der Waals surface area contributed by atoms with Gasteiger partial charge in [-0.2, -0.15) is 13.2 Å². The number of thioether (sulfide) groups is 1. The number of rotatable bonds is 4. The second-order valence-electron chi connectivity index (χ2n) is 3.08. The van der Waals surface area contributed by atoms with Crippen molar-refractivity contribution in [3.05, 3.63) is 23.4 Å². The van der Waals surface area contributed by atoms with Crippen LogP contribution in [0.1, 0.15) is 0 Å². The number of alkyl halides is 3. The molecule has 1 atom stereocenters. The Morgan fingerprint density at radius 1 is 1.50 bits per heavy atom. The van der Waals surface area contributed by atoms with Crippen LogP contribution >= 0.6 is 23.4 Å². The molecule has 7 heteroatoms. The molecular formula is C9H10ClF3N2S. The van der Waals surface area contributed by atoms with Crippen molar-refractivity contribution in [2.75, 3.05) is 12.3 Å². The van der Waals surface area contributed by atoms with E-state index in [-0.39, 0.29) is 5.75 Å². The Hall–Kier alpha value is -0.460. The van der Waals surface area contributed by atoms with Crippen LogP contribution in [0.5, 0.6) is 0 Å². The molecule has 0 saturated heterocycles. The van der Waals surface area contributed by atoms with Crippen molar-refractivity contribution in [2.45, 2.75) is 11.2 Å². The molecule has 0 bridgehead atoms. The zero-order valence-corrected chi connectivity index (χ0v) is 9.74. The second-order valence-corrected chi connectivity index (χ2v) is 4.49. The monoisotopic (exact) mass is 270 g/mol. The molecule has 1 unspecified atom stereocenters. The average molecular weight is 271 g/mol. The molecule has 1 aromatic rings. The fraction of sp³-hybridized carbons (Fsp3) is 0.444. The van der Waals surface area contributed by atoms with Crippen LogP contribution in [-0.2, 0) is 0 Å². The molecular weight excluding hydrogens is 261 g/mol. The molecule has 1 aromatic heterocycles. The highest BCUT2D eigenvalue weighted by Crippen LogP contribution is 2.32. The van der Waals surface area contributed by atoms with Gasteiger partial charge in [0.25, 0.3) is 0 Å². The first-order chi connectivity index (χ1) is 7.45. The zero-order valence-electron chi connectivity index (χ0n) is 8.17. The number of hydrogen-bond donors (Lipinski definition) is 1. The Kier molecular flexibility index (Phi) is 4.89. The SMILES string of the molecule is NCC(CSc1ncccc1Cl)C(F)(F)F. The largest absolute Gasteiger partial charge is 0.393 e. The van der Waals surface area contributed by atoms with Crippen molar-refractivity contribution in [3.8, 4) is 0 Å². The van der Waals surface area contributed by atoms with Gasteiger partial charge in [-0.1, -0.05) is 11.6 Å². The maximum Gasteiger partial charge on any atom is 0.393 e. The van der Waals surface area contributed by atoms with E-state index >= 15 is 0 Å². The van der Waals surface area contributed by atoms with Gasteiger partial charge in [0.1, 0.15) is 5.03 Å². The summed E-state index contributed by atoms with van der Waals surface area (Å²) in [6, 6.07) is 3.21. The number of nitrogens with two attached hydrogens (primary N) is 1. The summed E-state index contributed by atoms with van der Waals surface area (Å²) in [5.41, 5.74) is 5.07. The minimum absolute atomic E-state index is 0.170. The van der Waals surface area contributed by atoms with Crippen LogP contribution in [-0.4, -0.2) is 23.5 Å². The van der Waals surface area contributed by atoms with Gasteiger partial charge in [0.05, 0.1) is 10.9 Å². The third-order valence-corrected chi connectivity index (χ3v) is 3.48. The van der Waals surface area contributed by atoms with E-state index in [0.717, 1.165) is 11.8 Å². The highest BCUT2D eigenvalue weighted by molar-refractivity contribution is 7.99. The van der Waals surface area contributed by atoms with E-state index in [2.05, 4.69) is 4.98 Å². The summed E-state index contributed by atoms with van der Waals surface area (Å²) >= 11 is 6.73. The van der Waals surface area contributed by atoms with Crippen molar-refractivity contribution in [2.24, 2.45) is 11.7 Å². The lowest BCUT2D eigenvalue weighted by Gasteiger charge is -2.17. The van der Waals surface area contributed by atoms with Crippen molar-refractivity contribution in [1.29, 1.82) is 0 Å². The quantitative estimate of drug-likeness (QED) is 0.855. The first-order valence-corrected chi connectivity index (χ1v) is 5.81. The van der Waals surface area contributed by atoms with Crippen LogP contribution in [0.3, 0.4) is 0 Å². The first kappa shape index (κ1) is 13.6. The lowest BCUT2D eigenvalue weighted by Crippen LogP contribution is -2.32. The van der Waals surface area contributed by atoms with Gasteiger partial charge in [-0.05, 0) is 12.1 Å². The number of halogens is 4. The summed E-state index contributed by atoms with van der Waals surface area (Å²) in [5, 5.41) is 0.748. The Morgan fingerprint density at radius 3 is 2.69 bits per heavy atom. The van der Waals surface area contributed by atoms with E-state index in [1.165, 1.54) is 6.20 Å². The topological polar surface area (TPSA) is 38.9 Å². The first-order valence-electron chi connectivity index (χ1n) is 4.45. The third-order valence-electron chi connectivity index (χ3n) is 1.89. The van der Waals surface area contributed by atoms with E-state index < -0.39 is 18.6 Å². The summed E-state index contributed by atoms with van der Waals surface area (Å²) in [6.07, 6.45) is -2.79. The van der Waals surface area contributed by atoms with Gasteiger partial charge >= 0.3 is 6.18 Å². The summed E-state index contributed by atoms with van der Waals surface area (Å²) in [6.45, 7) is -0.430. The van der Waals surface area contributed by atoms with Crippen molar-refractivity contribution < 1.29 is 13.2 Å². The van der Waals surface area contributed by atoms with E-state index in [4.69, 9.17) is 17.3 Å². The van der Waals surface area contributed by atoms with Crippen LogP contribution in [0.2, 0.25) is 5.02 Å². The maximum atomic E-state index is 12.4. The fourth-order valence-corrected chi connectivity index (χ4v) is 2.26. The molecule has 0 aromatic carbocycles. The molecule has 0 aliphatic carbocycles. The minimum Gasteiger partial charge on any atom is -0.330 e. The third kappa shape index (κ3) is 3.84. The van der Waals surface area contributed by atoms with E-state index in [0.29, 0.717) is 10.0 Å². The van der Waals surface area contributed by atoms with Gasteiger partial charge in [0.2, 0.25) is 0 Å². The molecule has 1 heterocycles. The average Bonchev–Trinajstić information content (AvgIpc) is 2.19. The molecule has 2 nitrogen and oxygen atoms in total. The lowest BCUT2D eigenvalue weighted by atomic mass is 10.2. The van der Waals surface area contributed by atoms with Gasteiger partial charge in [-0.15, -0.1) is 11.8 Å². The minimum atomic E-state index is -4.27. The molecule has 90 valence electrons. The number of aromatic nitrogens is 1. The highest BCUT2D eigenvalue weighted by atomic mass is 35.5. The van der Waals surface area contributed by atoms with Crippen LogP contribution < -0.4 is 5.73 Å². The van der Waals surface area contributed by atoms with Crippen LogP contribution in [0.4, 0.5) is 13.2 Å². The van der Waals surface area contributed by atoms with Crippen molar-refractivity contribution in [1.82, 2.24) is 4.98 Å². The molecule has 16 heavy (non-hydrogen) atoms. The summed E-state index contributed by atoms with van der Waals surface area (Å²) in [7, 11) is 0. The Bertz CT molecular complexity index is 346. The van der Waals surface area contributed by atoms with Crippen molar-refractivity contribution in [3.63, 3.8) is 0 Å². The predicted octanol–water partition coefficient (Wildman–Crippen LogP) is 2.96. The van der Waals surface area contributed by atoms with Crippen LogP contribution in [0.15, 0.2) is 23.4 Å². The standard InChI is InChI=1S/C9H10ClF3N2S/c10-7-2-1-3-15-8(7)16-5-6(4-14)9(11,12)13/h1-3,6H,4-5,14H2. The van der Waals surface area contributed by atoms with E-state index in [1.807, 2.05) is 0 Å².